The molecule has 2 heterocycles. The Hall–Kier alpha value is -2.38. The molecular weight excluding hydrogens is 436 g/mol. The number of benzene rings is 2. The zero-order chi connectivity index (χ0) is 22.6. The molecule has 1 atom stereocenters. The third kappa shape index (κ3) is 4.94. The molecule has 0 aromatic heterocycles. The molecule has 0 radical (unpaired) electrons. The van der Waals surface area contributed by atoms with Crippen molar-refractivity contribution < 1.29 is 18.5 Å². The van der Waals surface area contributed by atoms with Gasteiger partial charge in [0.05, 0.1) is 16.5 Å². The van der Waals surface area contributed by atoms with Crippen LogP contribution in [0, 0.1) is 5.92 Å². The van der Waals surface area contributed by atoms with Crippen molar-refractivity contribution in [1.29, 1.82) is 0 Å². The second kappa shape index (κ2) is 10.3. The van der Waals surface area contributed by atoms with Gasteiger partial charge in [-0.2, -0.15) is 0 Å². The zero-order valence-electron chi connectivity index (χ0n) is 19.2. The maximum absolute atomic E-state index is 13.1. The first kappa shape index (κ1) is 22.4. The van der Waals surface area contributed by atoms with Gasteiger partial charge in [-0.3, -0.25) is 0 Å². The van der Waals surface area contributed by atoms with E-state index in [4.69, 9.17) is 14.3 Å². The summed E-state index contributed by atoms with van der Waals surface area (Å²) in [6.45, 7) is 2.47. The summed E-state index contributed by atoms with van der Waals surface area (Å²) in [5.41, 5.74) is 2.04. The maximum Gasteiger partial charge on any atom is 0.231 e. The largest absolute Gasteiger partial charge is 0.454 e. The third-order valence-corrected chi connectivity index (χ3v) is 8.50. The smallest absolute Gasteiger partial charge is 0.231 e. The Balaban J connectivity index is 1.26. The van der Waals surface area contributed by atoms with E-state index in [1.54, 1.807) is 13.2 Å². The van der Waals surface area contributed by atoms with Gasteiger partial charge < -0.3 is 19.2 Å². The fourth-order valence-corrected chi connectivity index (χ4v) is 6.38. The van der Waals surface area contributed by atoms with E-state index < -0.39 is 10.8 Å². The summed E-state index contributed by atoms with van der Waals surface area (Å²) >= 11 is 0. The highest BCUT2D eigenvalue weighted by Crippen LogP contribution is 2.35. The van der Waals surface area contributed by atoms with E-state index in [9.17, 15) is 4.21 Å². The van der Waals surface area contributed by atoms with Crippen molar-refractivity contribution in [1.82, 2.24) is 4.90 Å². The van der Waals surface area contributed by atoms with Gasteiger partial charge in [-0.05, 0) is 68.6 Å². The molecule has 33 heavy (non-hydrogen) atoms. The lowest BCUT2D eigenvalue weighted by molar-refractivity contribution is 0.119. The summed E-state index contributed by atoms with van der Waals surface area (Å²) in [4.78, 5) is 9.38. The molecule has 1 saturated heterocycles. The van der Waals surface area contributed by atoms with Crippen LogP contribution in [-0.2, 0) is 15.6 Å². The van der Waals surface area contributed by atoms with Crippen LogP contribution in [0.25, 0.3) is 0 Å². The monoisotopic (exact) mass is 468 g/mol. The highest BCUT2D eigenvalue weighted by atomic mass is 32.2. The molecule has 6 nitrogen and oxygen atoms in total. The predicted octanol–water partition coefficient (Wildman–Crippen LogP) is 4.98. The lowest BCUT2D eigenvalue weighted by atomic mass is 9.86. The number of likely N-dealkylation sites (tertiary alicyclic amines) is 1. The fraction of sp³-hybridized carbons (Fsp3) is 0.500. The quantitative estimate of drug-likeness (QED) is 0.442. The second-order valence-corrected chi connectivity index (χ2v) is 10.5. The SMILES string of the molecule is CO/N=C(/c1ccc(S(=O)c2ccc3c(c2)OCO3)cc1)C1CCN(C2CCCCC2)CC1. The number of fused-ring (bicyclic) bond motifs is 1. The van der Waals surface area contributed by atoms with Crippen LogP contribution < -0.4 is 9.47 Å². The van der Waals surface area contributed by atoms with E-state index in [1.165, 1.54) is 32.1 Å². The molecule has 2 aromatic rings. The van der Waals surface area contributed by atoms with Crippen molar-refractivity contribution >= 4 is 16.5 Å². The molecule has 2 aromatic carbocycles. The third-order valence-electron chi connectivity index (χ3n) is 7.12. The molecule has 3 aliphatic rings. The second-order valence-electron chi connectivity index (χ2n) is 9.07. The molecule has 2 aliphatic heterocycles. The average Bonchev–Trinajstić information content (AvgIpc) is 3.36. The van der Waals surface area contributed by atoms with E-state index >= 15 is 0 Å². The van der Waals surface area contributed by atoms with Crippen LogP contribution in [-0.4, -0.2) is 47.9 Å². The number of hydrogen-bond donors (Lipinski definition) is 0. The highest BCUT2D eigenvalue weighted by Gasteiger charge is 2.29. The maximum atomic E-state index is 13.1. The Kier molecular flexibility index (Phi) is 6.97. The summed E-state index contributed by atoms with van der Waals surface area (Å²) in [6.07, 6.45) is 9.05. The van der Waals surface area contributed by atoms with Crippen LogP contribution in [0.4, 0.5) is 0 Å². The lowest BCUT2D eigenvalue weighted by Crippen LogP contribution is -2.43. The minimum Gasteiger partial charge on any atom is -0.454 e. The molecule has 0 N–H and O–H groups in total. The number of rotatable bonds is 6. The molecule has 1 unspecified atom stereocenters. The number of piperidine rings is 1. The minimum atomic E-state index is -1.29. The van der Waals surface area contributed by atoms with Crippen LogP contribution >= 0.6 is 0 Å². The number of ether oxygens (including phenoxy) is 2. The van der Waals surface area contributed by atoms with Crippen LogP contribution in [0.15, 0.2) is 57.4 Å². The van der Waals surface area contributed by atoms with E-state index in [1.807, 2.05) is 36.4 Å². The molecule has 0 spiro atoms. The normalized spacial score (nSPS) is 21.2. The molecule has 1 aliphatic carbocycles. The Bertz CT molecular complexity index is 1010. The van der Waals surface area contributed by atoms with E-state index in [0.717, 1.165) is 48.1 Å². The topological polar surface area (TPSA) is 60.4 Å². The van der Waals surface area contributed by atoms with Crippen molar-refractivity contribution in [2.75, 3.05) is 27.0 Å². The van der Waals surface area contributed by atoms with Gasteiger partial charge in [-0.25, -0.2) is 4.21 Å². The first-order valence-electron chi connectivity index (χ1n) is 12.0. The molecule has 7 heteroatoms. The van der Waals surface area contributed by atoms with Crippen molar-refractivity contribution in [2.24, 2.45) is 11.1 Å². The van der Waals surface area contributed by atoms with Gasteiger partial charge in [-0.15, -0.1) is 0 Å². The standard InChI is InChI=1S/C26H32N2O4S/c1-30-27-26(20-13-15-28(16-14-20)21-5-3-2-4-6-21)19-7-9-22(10-8-19)33(29)23-11-12-24-25(17-23)32-18-31-24/h7-12,17,20-21H,2-6,13-16,18H2,1H3/b27-26-. The predicted molar refractivity (Wildman–Crippen MR) is 128 cm³/mol. The molecular formula is C26H32N2O4S. The fourth-order valence-electron chi connectivity index (χ4n) is 5.32. The van der Waals surface area contributed by atoms with Crippen molar-refractivity contribution in [3.8, 4) is 11.5 Å². The van der Waals surface area contributed by atoms with Gasteiger partial charge in [-0.1, -0.05) is 36.6 Å². The van der Waals surface area contributed by atoms with Crippen LogP contribution in [0.1, 0.15) is 50.5 Å². The van der Waals surface area contributed by atoms with Crippen molar-refractivity contribution in [3.05, 3.63) is 48.0 Å². The van der Waals surface area contributed by atoms with Crippen LogP contribution in [0.5, 0.6) is 11.5 Å². The average molecular weight is 469 g/mol. The Morgan fingerprint density at radius 2 is 1.64 bits per heavy atom. The van der Waals surface area contributed by atoms with Crippen LogP contribution in [0.3, 0.4) is 0 Å². The molecule has 2 fully saturated rings. The summed E-state index contributed by atoms with van der Waals surface area (Å²) < 4.78 is 23.9. The van der Waals surface area contributed by atoms with Crippen molar-refractivity contribution in [2.45, 2.75) is 60.8 Å². The molecule has 176 valence electrons. The first-order valence-corrected chi connectivity index (χ1v) is 13.1. The number of nitrogens with zero attached hydrogens (tertiary/aromatic N) is 2. The van der Waals surface area contributed by atoms with E-state index in [-0.39, 0.29) is 6.79 Å². The molecule has 0 amide bonds. The van der Waals surface area contributed by atoms with Crippen molar-refractivity contribution in [3.63, 3.8) is 0 Å². The zero-order valence-corrected chi connectivity index (χ0v) is 20.0. The van der Waals surface area contributed by atoms with Gasteiger partial charge in [0.25, 0.3) is 0 Å². The Labute approximate surface area is 198 Å². The Morgan fingerprint density at radius 1 is 0.939 bits per heavy atom. The summed E-state index contributed by atoms with van der Waals surface area (Å²) in [5, 5.41) is 4.42. The minimum absolute atomic E-state index is 0.210. The number of oxime groups is 1. The van der Waals surface area contributed by atoms with Crippen LogP contribution in [0.2, 0.25) is 0 Å². The summed E-state index contributed by atoms with van der Waals surface area (Å²) in [7, 11) is 0.321. The Morgan fingerprint density at radius 3 is 2.36 bits per heavy atom. The first-order chi connectivity index (χ1) is 16.2. The van der Waals surface area contributed by atoms with Gasteiger partial charge >= 0.3 is 0 Å². The van der Waals surface area contributed by atoms with Gasteiger partial charge in [0.15, 0.2) is 11.5 Å². The summed E-state index contributed by atoms with van der Waals surface area (Å²) in [5.74, 6) is 1.72. The number of hydrogen-bond acceptors (Lipinski definition) is 6. The van der Waals surface area contributed by atoms with E-state index in [0.29, 0.717) is 22.3 Å². The molecule has 0 bridgehead atoms. The molecule has 1 saturated carbocycles. The summed E-state index contributed by atoms with van der Waals surface area (Å²) in [6, 6.07) is 14.1. The van der Waals surface area contributed by atoms with E-state index in [2.05, 4.69) is 10.1 Å². The van der Waals surface area contributed by atoms with Gasteiger partial charge in [0, 0.05) is 27.8 Å². The van der Waals surface area contributed by atoms with Gasteiger partial charge in [0.1, 0.15) is 7.11 Å². The van der Waals surface area contributed by atoms with Gasteiger partial charge in [0.2, 0.25) is 6.79 Å². The highest BCUT2D eigenvalue weighted by molar-refractivity contribution is 7.85. The molecule has 5 rings (SSSR count). The lowest BCUT2D eigenvalue weighted by Gasteiger charge is -2.39.